The minimum Gasteiger partial charge on any atom is -0.410 e. The molecule has 0 aliphatic carbocycles. The van der Waals surface area contributed by atoms with Crippen LogP contribution in [0.2, 0.25) is 0 Å². The highest BCUT2D eigenvalue weighted by Gasteiger charge is 2.17. The number of nitrogens with two attached hydrogens (primary N) is 1. The van der Waals surface area contributed by atoms with Crippen LogP contribution in [-0.2, 0) is 11.8 Å². The summed E-state index contributed by atoms with van der Waals surface area (Å²) in [5, 5.41) is 11.9. The Morgan fingerprint density at radius 1 is 0.879 bits per heavy atom. The van der Waals surface area contributed by atoms with Gasteiger partial charge in [0.15, 0.2) is 5.36 Å². The second kappa shape index (κ2) is 10.9. The first-order valence-corrected chi connectivity index (χ1v) is 10.3. The Hall–Kier alpha value is -4.23. The van der Waals surface area contributed by atoms with Crippen molar-refractivity contribution in [2.75, 3.05) is 7.05 Å². The predicted octanol–water partition coefficient (Wildman–Crippen LogP) is 2.73. The average molecular weight is 443 g/mol. The molecule has 7 heteroatoms. The van der Waals surface area contributed by atoms with E-state index in [4.69, 9.17) is 10.9 Å². The topological polar surface area (TPSA) is 101 Å². The molecule has 2 aromatic carbocycles. The van der Waals surface area contributed by atoms with Gasteiger partial charge in [-0.3, -0.25) is 9.59 Å². The van der Waals surface area contributed by atoms with Crippen LogP contribution in [0.4, 0.5) is 0 Å². The number of hydrogen-bond donors (Lipinski definition) is 2. The van der Waals surface area contributed by atoms with Gasteiger partial charge in [0.2, 0.25) is 5.91 Å². The molecule has 0 bridgehead atoms. The van der Waals surface area contributed by atoms with Crippen molar-refractivity contribution in [1.82, 2.24) is 9.47 Å². The number of carbonyl (C=O) groups excluding carboxylic acids is 1. The molecule has 7 nitrogen and oxygen atoms in total. The minimum atomic E-state index is -0.574. The van der Waals surface area contributed by atoms with Crippen LogP contribution in [0.5, 0.6) is 0 Å². The minimum absolute atomic E-state index is 0.0244. The third kappa shape index (κ3) is 5.93. The highest BCUT2D eigenvalue weighted by molar-refractivity contribution is 5.90. The van der Waals surface area contributed by atoms with Crippen molar-refractivity contribution in [1.29, 1.82) is 0 Å². The number of allylic oxidation sites excluding steroid dienone is 2. The Bertz CT molecular complexity index is 1300. The van der Waals surface area contributed by atoms with Crippen molar-refractivity contribution in [3.05, 3.63) is 119 Å². The molecule has 1 unspecified atom stereocenters. The van der Waals surface area contributed by atoms with Crippen LogP contribution in [-0.4, -0.2) is 33.7 Å². The van der Waals surface area contributed by atoms with Gasteiger partial charge in [0.25, 0.3) is 5.56 Å². The van der Waals surface area contributed by atoms with Gasteiger partial charge in [-0.05, 0) is 40.5 Å². The Kier molecular flexibility index (Phi) is 7.73. The van der Waals surface area contributed by atoms with E-state index >= 15 is 0 Å². The summed E-state index contributed by atoms with van der Waals surface area (Å²) in [6.45, 7) is 0. The number of aryl methyl sites for hydroxylation is 1. The Morgan fingerprint density at radius 2 is 1.48 bits per heavy atom. The highest BCUT2D eigenvalue weighted by Crippen LogP contribution is 2.19. The fourth-order valence-corrected chi connectivity index (χ4v) is 3.22. The first-order valence-electron chi connectivity index (χ1n) is 10.3. The standard InChI is InChI=1S/C13H12N2O2.C13H14N2O/c1-15-8-7-11(9-12(14-17)13(15)16)10-5-3-2-4-6-10;1-15-8-7-11(9-12(14)13(15)16)10-5-3-2-4-6-10/h2-9,17H,1H3;2-9,12H,14H2,1H3/b14-12-;. The number of likely N-dealkylation sites (N-methyl/N-ethyl adjacent to an activating group) is 1. The third-order valence-corrected chi connectivity index (χ3v) is 5.10. The van der Waals surface area contributed by atoms with Crippen molar-refractivity contribution in [3.63, 3.8) is 0 Å². The van der Waals surface area contributed by atoms with E-state index in [-0.39, 0.29) is 16.8 Å². The molecule has 2 heterocycles. The van der Waals surface area contributed by atoms with Crippen molar-refractivity contribution in [2.24, 2.45) is 17.9 Å². The molecule has 4 rings (SSSR count). The van der Waals surface area contributed by atoms with Gasteiger partial charge in [-0.2, -0.15) is 0 Å². The normalized spacial score (nSPS) is 15.9. The van der Waals surface area contributed by atoms with Crippen molar-refractivity contribution in [3.8, 4) is 11.1 Å². The van der Waals surface area contributed by atoms with Crippen LogP contribution < -0.4 is 16.7 Å². The van der Waals surface area contributed by atoms with Gasteiger partial charge in [0.1, 0.15) is 6.04 Å². The van der Waals surface area contributed by atoms with Gasteiger partial charge in [0, 0.05) is 26.5 Å². The van der Waals surface area contributed by atoms with Crippen LogP contribution in [0, 0.1) is 0 Å². The first kappa shape index (κ1) is 23.4. The van der Waals surface area contributed by atoms with Crippen LogP contribution in [0.3, 0.4) is 0 Å². The lowest BCUT2D eigenvalue weighted by Crippen LogP contribution is -2.37. The predicted molar refractivity (Wildman–Crippen MR) is 129 cm³/mol. The molecular weight excluding hydrogens is 416 g/mol. The van der Waals surface area contributed by atoms with Gasteiger partial charge in [0.05, 0.1) is 0 Å². The van der Waals surface area contributed by atoms with E-state index in [2.05, 4.69) is 5.16 Å². The largest absolute Gasteiger partial charge is 0.410 e. The smallest absolute Gasteiger partial charge is 0.279 e. The maximum Gasteiger partial charge on any atom is 0.279 e. The van der Waals surface area contributed by atoms with Gasteiger partial charge < -0.3 is 20.4 Å². The second-order valence-electron chi connectivity index (χ2n) is 7.46. The van der Waals surface area contributed by atoms with Gasteiger partial charge >= 0.3 is 0 Å². The number of carbonyl (C=O) groups is 1. The summed E-state index contributed by atoms with van der Waals surface area (Å²) in [6, 6.07) is 22.3. The quantitative estimate of drug-likeness (QED) is 0.471. The number of nitrogens with zero attached hydrogens (tertiary/aromatic N) is 3. The highest BCUT2D eigenvalue weighted by atomic mass is 16.4. The fourth-order valence-electron chi connectivity index (χ4n) is 3.22. The van der Waals surface area contributed by atoms with Crippen LogP contribution in [0.1, 0.15) is 5.56 Å². The molecule has 1 aromatic heterocycles. The van der Waals surface area contributed by atoms with Crippen LogP contribution in [0.15, 0.2) is 107 Å². The summed E-state index contributed by atoms with van der Waals surface area (Å²) in [5.74, 6) is -0.0952. The Morgan fingerprint density at radius 3 is 2.09 bits per heavy atom. The molecule has 168 valence electrons. The van der Waals surface area contributed by atoms with E-state index in [0.717, 1.165) is 22.3 Å². The maximum atomic E-state index is 11.7. The second-order valence-corrected chi connectivity index (χ2v) is 7.46. The summed E-state index contributed by atoms with van der Waals surface area (Å²) < 4.78 is 1.38. The van der Waals surface area contributed by atoms with E-state index in [9.17, 15) is 9.59 Å². The van der Waals surface area contributed by atoms with E-state index in [1.807, 2.05) is 72.8 Å². The van der Waals surface area contributed by atoms with Gasteiger partial charge in [-0.1, -0.05) is 71.9 Å². The summed E-state index contributed by atoms with van der Waals surface area (Å²) >= 11 is 0. The number of aromatic nitrogens is 1. The number of benzene rings is 2. The lowest BCUT2D eigenvalue weighted by Gasteiger charge is -2.12. The number of amides is 1. The lowest BCUT2D eigenvalue weighted by atomic mass is 10.0. The molecule has 1 amide bonds. The third-order valence-electron chi connectivity index (χ3n) is 5.10. The summed E-state index contributed by atoms with van der Waals surface area (Å²) in [7, 11) is 3.33. The Labute approximate surface area is 192 Å². The van der Waals surface area contributed by atoms with Crippen molar-refractivity contribution in [2.45, 2.75) is 6.04 Å². The zero-order chi connectivity index (χ0) is 23.8. The summed E-state index contributed by atoms with van der Waals surface area (Å²) in [5.41, 5.74) is 9.29. The molecule has 0 radical (unpaired) electrons. The van der Waals surface area contributed by atoms with Crippen molar-refractivity contribution < 1.29 is 10.0 Å². The molecule has 3 N–H and O–H groups in total. The zero-order valence-electron chi connectivity index (χ0n) is 18.5. The molecule has 1 atom stereocenters. The molecule has 1 aliphatic heterocycles. The SMILES string of the molecule is CN1C=CC(c2ccccc2)=CC(N)C1=O.Cn1ccc(-c2ccccc2)c/c(=N/O)c1=O. The van der Waals surface area contributed by atoms with Gasteiger partial charge in [-0.15, -0.1) is 0 Å². The van der Waals surface area contributed by atoms with E-state index in [0.29, 0.717) is 0 Å². The van der Waals surface area contributed by atoms with Crippen LogP contribution >= 0.6 is 0 Å². The monoisotopic (exact) mass is 442 g/mol. The molecule has 0 saturated carbocycles. The maximum absolute atomic E-state index is 11.7. The first-order chi connectivity index (χ1) is 15.9. The zero-order valence-corrected chi connectivity index (χ0v) is 18.5. The van der Waals surface area contributed by atoms with E-state index in [1.54, 1.807) is 38.6 Å². The van der Waals surface area contributed by atoms with E-state index in [1.165, 1.54) is 9.47 Å². The number of hydrogen-bond acceptors (Lipinski definition) is 5. The summed E-state index contributed by atoms with van der Waals surface area (Å²) in [6.07, 6.45) is 7.09. The summed E-state index contributed by atoms with van der Waals surface area (Å²) in [4.78, 5) is 24.8. The van der Waals surface area contributed by atoms with Crippen LogP contribution in [0.25, 0.3) is 16.7 Å². The molecule has 0 saturated heterocycles. The molecule has 33 heavy (non-hydrogen) atoms. The molecular formula is C26H26N4O3. The lowest BCUT2D eigenvalue weighted by molar-refractivity contribution is -0.127. The molecule has 0 spiro atoms. The number of rotatable bonds is 2. The van der Waals surface area contributed by atoms with Gasteiger partial charge in [-0.25, -0.2) is 0 Å². The average Bonchev–Trinajstić information content (AvgIpc) is 3.08. The molecule has 0 fully saturated rings. The molecule has 3 aromatic rings. The van der Waals surface area contributed by atoms with Crippen molar-refractivity contribution >= 4 is 11.5 Å². The van der Waals surface area contributed by atoms with E-state index < -0.39 is 6.04 Å². The Balaban J connectivity index is 0.000000186. The molecule has 1 aliphatic rings. The fraction of sp³-hybridized carbons (Fsp3) is 0.115.